The van der Waals surface area contributed by atoms with Gasteiger partial charge >= 0.3 is 0 Å². The summed E-state index contributed by atoms with van der Waals surface area (Å²) < 4.78 is 0. The zero-order chi connectivity index (χ0) is 14.1. The fourth-order valence-electron chi connectivity index (χ4n) is 1.72. The minimum absolute atomic E-state index is 0.130. The van der Waals surface area contributed by atoms with Gasteiger partial charge in [-0.3, -0.25) is 0 Å². The molecule has 1 rings (SSSR count). The van der Waals surface area contributed by atoms with Crippen LogP contribution in [0.2, 0.25) is 5.02 Å². The second-order valence-electron chi connectivity index (χ2n) is 4.69. The van der Waals surface area contributed by atoms with E-state index >= 15 is 0 Å². The van der Waals surface area contributed by atoms with Crippen molar-refractivity contribution in [3.05, 3.63) is 52.6 Å². The number of benzene rings is 1. The molecule has 19 heavy (non-hydrogen) atoms. The lowest BCUT2D eigenvalue weighted by Crippen LogP contribution is -2.02. The van der Waals surface area contributed by atoms with Gasteiger partial charge in [0.05, 0.1) is 6.61 Å². The lowest BCUT2D eigenvalue weighted by atomic mass is 10.1. The number of aliphatic hydroxyl groups excluding tert-OH is 1. The lowest BCUT2D eigenvalue weighted by Gasteiger charge is -2.07. The summed E-state index contributed by atoms with van der Waals surface area (Å²) in [5.41, 5.74) is 3.57. The maximum Gasteiger partial charge on any atom is 0.0614 e. The average molecular weight is 280 g/mol. The fourth-order valence-corrected chi connectivity index (χ4v) is 1.91. The van der Waals surface area contributed by atoms with E-state index in [1.54, 1.807) is 0 Å². The summed E-state index contributed by atoms with van der Waals surface area (Å²) in [4.78, 5) is 0. The molecule has 0 saturated carbocycles. The predicted molar refractivity (Wildman–Crippen MR) is 83.8 cm³/mol. The minimum atomic E-state index is 0.130. The Bertz CT molecular complexity index is 452. The molecule has 0 radical (unpaired) electrons. The summed E-state index contributed by atoms with van der Waals surface area (Å²) in [6.07, 6.45) is 6.08. The Kier molecular flexibility index (Phi) is 7.31. The first-order valence-electron chi connectivity index (χ1n) is 6.53. The van der Waals surface area contributed by atoms with Crippen LogP contribution in [0.25, 0.3) is 0 Å². The van der Waals surface area contributed by atoms with Gasteiger partial charge in [-0.2, -0.15) is 0 Å². The largest absolute Gasteiger partial charge is 0.392 e. The molecule has 0 fully saturated rings. The normalized spacial score (nSPS) is 12.6. The molecule has 0 aliphatic heterocycles. The zero-order valence-electron chi connectivity index (χ0n) is 11.6. The van der Waals surface area contributed by atoms with Crippen molar-refractivity contribution in [1.82, 2.24) is 0 Å². The van der Waals surface area contributed by atoms with E-state index in [0.717, 1.165) is 30.1 Å². The molecule has 0 saturated heterocycles. The standard InChI is InChI=1S/C16H22ClNO/c1-13(9-10-19)5-3-6-14(2)12-18-16-8-4-7-15(17)11-16/h4,6-9,11,18-19H,3,5,10,12H2,1-2H3/b13-9+,14-6+. The van der Waals surface area contributed by atoms with Crippen LogP contribution in [0.15, 0.2) is 47.6 Å². The fraction of sp³-hybridized carbons (Fsp3) is 0.375. The number of aliphatic hydroxyl groups is 1. The van der Waals surface area contributed by atoms with Crippen molar-refractivity contribution in [3.8, 4) is 0 Å². The van der Waals surface area contributed by atoms with Crippen molar-refractivity contribution < 1.29 is 5.11 Å². The predicted octanol–water partition coefficient (Wildman–Crippen LogP) is 4.42. The van der Waals surface area contributed by atoms with Crippen molar-refractivity contribution in [3.63, 3.8) is 0 Å². The van der Waals surface area contributed by atoms with Gasteiger partial charge in [0.15, 0.2) is 0 Å². The smallest absolute Gasteiger partial charge is 0.0614 e. The summed E-state index contributed by atoms with van der Waals surface area (Å²) >= 11 is 5.93. The highest BCUT2D eigenvalue weighted by Crippen LogP contribution is 2.15. The van der Waals surface area contributed by atoms with E-state index in [1.165, 1.54) is 11.1 Å². The molecule has 0 aromatic heterocycles. The minimum Gasteiger partial charge on any atom is -0.392 e. The van der Waals surface area contributed by atoms with Crippen LogP contribution in [-0.4, -0.2) is 18.3 Å². The summed E-state index contributed by atoms with van der Waals surface area (Å²) in [7, 11) is 0. The van der Waals surface area contributed by atoms with Gasteiger partial charge in [0.2, 0.25) is 0 Å². The number of hydrogen-bond donors (Lipinski definition) is 2. The highest BCUT2D eigenvalue weighted by molar-refractivity contribution is 6.30. The maximum absolute atomic E-state index is 8.77. The van der Waals surface area contributed by atoms with Crippen molar-refractivity contribution in [2.45, 2.75) is 26.7 Å². The molecule has 0 aliphatic carbocycles. The molecular formula is C16H22ClNO. The van der Waals surface area contributed by atoms with Gasteiger partial charge in [0.25, 0.3) is 0 Å². The SMILES string of the molecule is C/C(=C\CO)CC/C=C(\C)CNc1cccc(Cl)c1. The molecule has 0 heterocycles. The maximum atomic E-state index is 8.77. The number of allylic oxidation sites excluding steroid dienone is 2. The van der Waals surface area contributed by atoms with E-state index in [2.05, 4.69) is 18.3 Å². The van der Waals surface area contributed by atoms with Gasteiger partial charge < -0.3 is 10.4 Å². The van der Waals surface area contributed by atoms with Gasteiger partial charge in [-0.15, -0.1) is 0 Å². The van der Waals surface area contributed by atoms with E-state index in [1.807, 2.05) is 37.3 Å². The molecule has 0 atom stereocenters. The first kappa shape index (κ1) is 15.8. The molecule has 0 unspecified atom stereocenters. The average Bonchev–Trinajstić information content (AvgIpc) is 2.37. The molecule has 0 amide bonds. The molecular weight excluding hydrogens is 258 g/mol. The van der Waals surface area contributed by atoms with Crippen molar-refractivity contribution in [2.24, 2.45) is 0 Å². The van der Waals surface area contributed by atoms with Crippen LogP contribution in [0, 0.1) is 0 Å². The number of rotatable bonds is 7. The Morgan fingerprint density at radius 3 is 2.74 bits per heavy atom. The molecule has 2 nitrogen and oxygen atoms in total. The molecule has 2 N–H and O–H groups in total. The van der Waals surface area contributed by atoms with E-state index in [0.29, 0.717) is 0 Å². The van der Waals surface area contributed by atoms with Crippen molar-refractivity contribution >= 4 is 17.3 Å². The van der Waals surface area contributed by atoms with Gasteiger partial charge in [0, 0.05) is 17.3 Å². The topological polar surface area (TPSA) is 32.3 Å². The summed E-state index contributed by atoms with van der Waals surface area (Å²) in [6, 6.07) is 7.73. The van der Waals surface area contributed by atoms with Crippen LogP contribution in [-0.2, 0) is 0 Å². The Balaban J connectivity index is 2.34. The van der Waals surface area contributed by atoms with E-state index in [9.17, 15) is 0 Å². The van der Waals surface area contributed by atoms with Crippen LogP contribution in [0.1, 0.15) is 26.7 Å². The van der Waals surface area contributed by atoms with Gasteiger partial charge in [-0.25, -0.2) is 0 Å². The first-order chi connectivity index (χ1) is 9.11. The van der Waals surface area contributed by atoms with E-state index in [-0.39, 0.29) is 6.61 Å². The second-order valence-corrected chi connectivity index (χ2v) is 5.12. The molecule has 3 heteroatoms. The Morgan fingerprint density at radius 1 is 1.26 bits per heavy atom. The number of nitrogens with one attached hydrogen (secondary N) is 1. The molecule has 0 spiro atoms. The molecule has 0 bridgehead atoms. The highest BCUT2D eigenvalue weighted by Gasteiger charge is 1.94. The van der Waals surface area contributed by atoms with Crippen LogP contribution < -0.4 is 5.32 Å². The van der Waals surface area contributed by atoms with Crippen LogP contribution in [0.4, 0.5) is 5.69 Å². The zero-order valence-corrected chi connectivity index (χ0v) is 12.4. The quantitative estimate of drug-likeness (QED) is 0.724. The van der Waals surface area contributed by atoms with Crippen LogP contribution >= 0.6 is 11.6 Å². The van der Waals surface area contributed by atoms with Gasteiger partial charge in [-0.05, 0) is 44.9 Å². The Morgan fingerprint density at radius 2 is 2.05 bits per heavy atom. The molecule has 1 aromatic carbocycles. The van der Waals surface area contributed by atoms with Gasteiger partial charge in [-0.1, -0.05) is 41.0 Å². The third kappa shape index (κ3) is 7.04. The monoisotopic (exact) mass is 279 g/mol. The highest BCUT2D eigenvalue weighted by atomic mass is 35.5. The molecule has 104 valence electrons. The Labute approximate surface area is 120 Å². The van der Waals surface area contributed by atoms with Gasteiger partial charge in [0.1, 0.15) is 0 Å². The van der Waals surface area contributed by atoms with Crippen molar-refractivity contribution in [2.75, 3.05) is 18.5 Å². The number of anilines is 1. The molecule has 1 aromatic rings. The lowest BCUT2D eigenvalue weighted by molar-refractivity contribution is 0.341. The second kappa shape index (κ2) is 8.78. The van der Waals surface area contributed by atoms with Crippen molar-refractivity contribution in [1.29, 1.82) is 0 Å². The van der Waals surface area contributed by atoms with E-state index < -0.39 is 0 Å². The summed E-state index contributed by atoms with van der Waals surface area (Å²) in [6.45, 7) is 5.11. The van der Waals surface area contributed by atoms with Crippen LogP contribution in [0.5, 0.6) is 0 Å². The third-order valence-electron chi connectivity index (χ3n) is 2.87. The summed E-state index contributed by atoms with van der Waals surface area (Å²) in [5, 5.41) is 12.9. The number of hydrogen-bond acceptors (Lipinski definition) is 2. The Hall–Kier alpha value is -1.25. The third-order valence-corrected chi connectivity index (χ3v) is 3.10. The summed E-state index contributed by atoms with van der Waals surface area (Å²) in [5.74, 6) is 0. The first-order valence-corrected chi connectivity index (χ1v) is 6.91. The van der Waals surface area contributed by atoms with Crippen LogP contribution in [0.3, 0.4) is 0 Å². The number of halogens is 1. The molecule has 0 aliphatic rings. The van der Waals surface area contributed by atoms with E-state index in [4.69, 9.17) is 16.7 Å².